The average Bonchev–Trinajstić information content (AvgIpc) is 2.69. The summed E-state index contributed by atoms with van der Waals surface area (Å²) >= 11 is 0. The van der Waals surface area contributed by atoms with Crippen LogP contribution in [0, 0.1) is 5.82 Å². The van der Waals surface area contributed by atoms with Crippen LogP contribution in [0.5, 0.6) is 5.75 Å². The van der Waals surface area contributed by atoms with E-state index in [2.05, 4.69) is 0 Å². The van der Waals surface area contributed by atoms with Crippen LogP contribution in [0.2, 0.25) is 0 Å². The van der Waals surface area contributed by atoms with E-state index in [1.54, 1.807) is 6.07 Å². The van der Waals surface area contributed by atoms with Gasteiger partial charge in [0.1, 0.15) is 18.2 Å². The fraction of sp³-hybridized carbons (Fsp3) is 0.188. The Morgan fingerprint density at radius 2 is 2.05 bits per heavy atom. The molecule has 0 bridgehead atoms. The number of benzene rings is 2. The summed E-state index contributed by atoms with van der Waals surface area (Å²) in [4.78, 5) is 13.2. The molecule has 0 atom stereocenters. The number of aldehydes is 1. The van der Waals surface area contributed by atoms with Crippen LogP contribution in [-0.2, 0) is 6.54 Å². The van der Waals surface area contributed by atoms with Crippen LogP contribution in [0.25, 0.3) is 0 Å². The van der Waals surface area contributed by atoms with Crippen molar-refractivity contribution < 1.29 is 13.9 Å². The quantitative estimate of drug-likeness (QED) is 0.786. The van der Waals surface area contributed by atoms with E-state index in [4.69, 9.17) is 4.74 Å². The molecule has 0 saturated carbocycles. The number of rotatable bonds is 2. The standard InChI is InChI=1S/C16H14FNO2/c17-14-5-6-15(13(9-14)11-19)18-7-8-20-16-4-2-1-3-12(16)10-18/h1-6,9,11H,7-8,10H2. The maximum Gasteiger partial charge on any atom is 0.152 e. The molecule has 0 spiro atoms. The van der Waals surface area contributed by atoms with Crippen LogP contribution in [0.3, 0.4) is 0 Å². The third kappa shape index (κ3) is 2.37. The molecule has 0 aliphatic carbocycles. The lowest BCUT2D eigenvalue weighted by Gasteiger charge is -2.23. The fourth-order valence-electron chi connectivity index (χ4n) is 2.44. The van der Waals surface area contributed by atoms with E-state index in [1.165, 1.54) is 12.1 Å². The van der Waals surface area contributed by atoms with Crippen molar-refractivity contribution in [3.05, 3.63) is 59.4 Å². The number of para-hydroxylation sites is 1. The predicted octanol–water partition coefficient (Wildman–Crippen LogP) is 3.04. The molecule has 2 aromatic carbocycles. The first-order valence-electron chi connectivity index (χ1n) is 6.48. The lowest BCUT2D eigenvalue weighted by atomic mass is 10.1. The van der Waals surface area contributed by atoms with Crippen molar-refractivity contribution in [2.75, 3.05) is 18.1 Å². The lowest BCUT2D eigenvalue weighted by Crippen LogP contribution is -2.26. The Hall–Kier alpha value is -2.36. The number of halogens is 1. The van der Waals surface area contributed by atoms with Crippen LogP contribution < -0.4 is 9.64 Å². The summed E-state index contributed by atoms with van der Waals surface area (Å²) in [7, 11) is 0. The summed E-state index contributed by atoms with van der Waals surface area (Å²) in [6.45, 7) is 1.83. The monoisotopic (exact) mass is 271 g/mol. The molecule has 0 N–H and O–H groups in total. The number of fused-ring (bicyclic) bond motifs is 1. The number of nitrogens with zero attached hydrogens (tertiary/aromatic N) is 1. The van der Waals surface area contributed by atoms with Gasteiger partial charge in [-0.2, -0.15) is 0 Å². The van der Waals surface area contributed by atoms with Gasteiger partial charge in [-0.3, -0.25) is 4.79 Å². The topological polar surface area (TPSA) is 29.5 Å². The molecule has 1 aliphatic rings. The van der Waals surface area contributed by atoms with E-state index < -0.39 is 5.82 Å². The zero-order chi connectivity index (χ0) is 13.9. The van der Waals surface area contributed by atoms with Crippen LogP contribution >= 0.6 is 0 Å². The van der Waals surface area contributed by atoms with E-state index in [-0.39, 0.29) is 0 Å². The van der Waals surface area contributed by atoms with E-state index in [1.807, 2.05) is 29.2 Å². The molecule has 1 aliphatic heterocycles. The summed E-state index contributed by atoms with van der Waals surface area (Å²) in [6.07, 6.45) is 0.691. The number of anilines is 1. The van der Waals surface area contributed by atoms with Crippen LogP contribution in [-0.4, -0.2) is 19.4 Å². The van der Waals surface area contributed by atoms with Crippen LogP contribution in [0.4, 0.5) is 10.1 Å². The first-order chi connectivity index (χ1) is 9.78. The third-order valence-corrected chi connectivity index (χ3v) is 3.41. The highest BCUT2D eigenvalue weighted by Crippen LogP contribution is 2.28. The first-order valence-corrected chi connectivity index (χ1v) is 6.48. The highest BCUT2D eigenvalue weighted by Gasteiger charge is 2.17. The summed E-state index contributed by atoms with van der Waals surface area (Å²) < 4.78 is 18.9. The molecule has 0 saturated heterocycles. The van der Waals surface area contributed by atoms with Crippen LogP contribution in [0.1, 0.15) is 15.9 Å². The van der Waals surface area contributed by atoms with Gasteiger partial charge in [-0.05, 0) is 24.3 Å². The Morgan fingerprint density at radius 3 is 2.90 bits per heavy atom. The van der Waals surface area contributed by atoms with Crippen molar-refractivity contribution in [2.45, 2.75) is 6.54 Å². The van der Waals surface area contributed by atoms with Gasteiger partial charge < -0.3 is 9.64 Å². The van der Waals surface area contributed by atoms with Gasteiger partial charge in [-0.25, -0.2) is 4.39 Å². The molecular weight excluding hydrogens is 257 g/mol. The molecule has 0 aromatic heterocycles. The van der Waals surface area contributed by atoms with Gasteiger partial charge in [0.05, 0.1) is 6.54 Å². The Balaban J connectivity index is 1.97. The maximum atomic E-state index is 13.2. The summed E-state index contributed by atoms with van der Waals surface area (Å²) in [5, 5.41) is 0. The highest BCUT2D eigenvalue weighted by molar-refractivity contribution is 5.84. The van der Waals surface area contributed by atoms with Gasteiger partial charge in [-0.15, -0.1) is 0 Å². The van der Waals surface area contributed by atoms with Gasteiger partial charge in [-0.1, -0.05) is 18.2 Å². The third-order valence-electron chi connectivity index (χ3n) is 3.41. The summed E-state index contributed by atoms with van der Waals surface area (Å²) in [5.74, 6) is 0.465. The maximum absolute atomic E-state index is 13.2. The molecular formula is C16H14FNO2. The molecule has 0 unspecified atom stereocenters. The Bertz CT molecular complexity index is 642. The number of hydrogen-bond acceptors (Lipinski definition) is 3. The van der Waals surface area contributed by atoms with Gasteiger partial charge >= 0.3 is 0 Å². The molecule has 20 heavy (non-hydrogen) atoms. The van der Waals surface area contributed by atoms with Crippen LogP contribution in [0.15, 0.2) is 42.5 Å². The van der Waals surface area contributed by atoms with Crippen molar-refractivity contribution in [3.8, 4) is 5.75 Å². The largest absolute Gasteiger partial charge is 0.491 e. The van der Waals surface area contributed by atoms with E-state index in [0.29, 0.717) is 31.5 Å². The van der Waals surface area contributed by atoms with Crippen molar-refractivity contribution in [1.82, 2.24) is 0 Å². The number of carbonyl (C=O) groups excluding carboxylic acids is 1. The first kappa shape index (κ1) is 12.7. The average molecular weight is 271 g/mol. The smallest absolute Gasteiger partial charge is 0.152 e. The van der Waals surface area contributed by atoms with Crippen molar-refractivity contribution in [2.24, 2.45) is 0 Å². The molecule has 3 rings (SSSR count). The fourth-order valence-corrected chi connectivity index (χ4v) is 2.44. The minimum Gasteiger partial charge on any atom is -0.491 e. The molecule has 3 nitrogen and oxygen atoms in total. The number of ether oxygens (including phenoxy) is 1. The van der Waals surface area contributed by atoms with Crippen molar-refractivity contribution >= 4 is 12.0 Å². The zero-order valence-corrected chi connectivity index (χ0v) is 10.9. The molecule has 1 heterocycles. The summed E-state index contributed by atoms with van der Waals surface area (Å²) in [5.41, 5.74) is 2.16. The summed E-state index contributed by atoms with van der Waals surface area (Å²) in [6, 6.07) is 12.1. The van der Waals surface area contributed by atoms with E-state index in [0.717, 1.165) is 17.0 Å². The minimum absolute atomic E-state index is 0.365. The second-order valence-corrected chi connectivity index (χ2v) is 4.70. The second-order valence-electron chi connectivity index (χ2n) is 4.70. The zero-order valence-electron chi connectivity index (χ0n) is 10.9. The predicted molar refractivity (Wildman–Crippen MR) is 74.8 cm³/mol. The SMILES string of the molecule is O=Cc1cc(F)ccc1N1CCOc2ccccc2C1. The molecule has 0 radical (unpaired) electrons. The minimum atomic E-state index is -0.401. The molecule has 2 aromatic rings. The normalized spacial score (nSPS) is 14.2. The molecule has 102 valence electrons. The van der Waals surface area contributed by atoms with Gasteiger partial charge in [0, 0.05) is 23.4 Å². The number of hydrogen-bond donors (Lipinski definition) is 0. The lowest BCUT2D eigenvalue weighted by molar-refractivity contribution is 0.112. The van der Waals surface area contributed by atoms with E-state index >= 15 is 0 Å². The van der Waals surface area contributed by atoms with Crippen molar-refractivity contribution in [3.63, 3.8) is 0 Å². The van der Waals surface area contributed by atoms with E-state index in [9.17, 15) is 9.18 Å². The van der Waals surface area contributed by atoms with Gasteiger partial charge in [0.2, 0.25) is 0 Å². The van der Waals surface area contributed by atoms with Gasteiger partial charge in [0.25, 0.3) is 0 Å². The second kappa shape index (κ2) is 5.33. The molecule has 0 amide bonds. The number of carbonyl (C=O) groups is 1. The highest BCUT2D eigenvalue weighted by atomic mass is 19.1. The van der Waals surface area contributed by atoms with Gasteiger partial charge in [0.15, 0.2) is 6.29 Å². The van der Waals surface area contributed by atoms with Crippen molar-refractivity contribution in [1.29, 1.82) is 0 Å². The molecule has 4 heteroatoms. The Labute approximate surface area is 116 Å². The Kier molecular flexibility index (Phi) is 3.37. The molecule has 0 fully saturated rings. The Morgan fingerprint density at radius 1 is 1.20 bits per heavy atom.